The molecule has 0 fully saturated rings. The van der Waals surface area contributed by atoms with Crippen molar-refractivity contribution in [2.45, 2.75) is 33.2 Å². The summed E-state index contributed by atoms with van der Waals surface area (Å²) in [5.74, 6) is -0.511. The van der Waals surface area contributed by atoms with E-state index in [0.29, 0.717) is 17.8 Å². The zero-order chi connectivity index (χ0) is 18.9. The van der Waals surface area contributed by atoms with Crippen molar-refractivity contribution in [1.82, 2.24) is 10.6 Å². The van der Waals surface area contributed by atoms with Gasteiger partial charge in [-0.3, -0.25) is 14.4 Å². The monoisotopic (exact) mass is 373 g/mol. The molecule has 2 aromatic rings. The van der Waals surface area contributed by atoms with Crippen molar-refractivity contribution in [2.24, 2.45) is 0 Å². The number of rotatable bonds is 8. The molecule has 0 aliphatic rings. The van der Waals surface area contributed by atoms with Crippen molar-refractivity contribution in [3.8, 4) is 0 Å². The SMILES string of the molecule is CCCC(=O)Nc1ccc(CNC(=O)CNC(=O)c2ccc(C)s2)cc1. The standard InChI is InChI=1S/C19H23N3O3S/c1-3-4-17(23)22-15-8-6-14(7-9-15)11-20-18(24)12-21-19(25)16-10-5-13(2)26-16/h5-10H,3-4,11-12H2,1-2H3,(H,20,24)(H,21,25)(H,22,23). The first-order valence-corrected chi connectivity index (χ1v) is 9.29. The van der Waals surface area contributed by atoms with Gasteiger partial charge in [0.1, 0.15) is 0 Å². The topological polar surface area (TPSA) is 87.3 Å². The Hall–Kier alpha value is -2.67. The Kier molecular flexibility index (Phi) is 7.35. The molecule has 0 atom stereocenters. The smallest absolute Gasteiger partial charge is 0.261 e. The van der Waals surface area contributed by atoms with Gasteiger partial charge in [-0.05, 0) is 43.2 Å². The largest absolute Gasteiger partial charge is 0.350 e. The van der Waals surface area contributed by atoms with Gasteiger partial charge in [-0.1, -0.05) is 19.1 Å². The lowest BCUT2D eigenvalue weighted by Crippen LogP contribution is -2.36. The molecule has 0 aliphatic carbocycles. The molecule has 7 heteroatoms. The van der Waals surface area contributed by atoms with Crippen LogP contribution in [0.1, 0.15) is 39.9 Å². The van der Waals surface area contributed by atoms with E-state index >= 15 is 0 Å². The van der Waals surface area contributed by atoms with Gasteiger partial charge in [0, 0.05) is 23.5 Å². The maximum Gasteiger partial charge on any atom is 0.261 e. The van der Waals surface area contributed by atoms with Gasteiger partial charge in [-0.2, -0.15) is 0 Å². The molecule has 1 heterocycles. The molecule has 0 saturated carbocycles. The van der Waals surface area contributed by atoms with Crippen LogP contribution >= 0.6 is 11.3 Å². The van der Waals surface area contributed by atoms with E-state index in [2.05, 4.69) is 16.0 Å². The molecule has 3 N–H and O–H groups in total. The van der Waals surface area contributed by atoms with Gasteiger partial charge in [0.25, 0.3) is 5.91 Å². The van der Waals surface area contributed by atoms with E-state index in [-0.39, 0.29) is 24.3 Å². The lowest BCUT2D eigenvalue weighted by molar-refractivity contribution is -0.120. The molecule has 0 aliphatic heterocycles. The van der Waals surface area contributed by atoms with Crippen LogP contribution < -0.4 is 16.0 Å². The second-order valence-corrected chi connectivity index (χ2v) is 7.15. The second-order valence-electron chi connectivity index (χ2n) is 5.86. The molecule has 26 heavy (non-hydrogen) atoms. The maximum atomic E-state index is 11.9. The van der Waals surface area contributed by atoms with Gasteiger partial charge >= 0.3 is 0 Å². The van der Waals surface area contributed by atoms with Gasteiger partial charge in [-0.25, -0.2) is 0 Å². The Labute approximate surface area is 157 Å². The van der Waals surface area contributed by atoms with Gasteiger partial charge in [0.15, 0.2) is 0 Å². The zero-order valence-electron chi connectivity index (χ0n) is 14.9. The van der Waals surface area contributed by atoms with Crippen LogP contribution in [0.3, 0.4) is 0 Å². The number of thiophene rings is 1. The molecule has 1 aromatic carbocycles. The lowest BCUT2D eigenvalue weighted by Gasteiger charge is -2.08. The van der Waals surface area contributed by atoms with Gasteiger partial charge in [0.05, 0.1) is 11.4 Å². The van der Waals surface area contributed by atoms with Crippen LogP contribution in [-0.2, 0) is 16.1 Å². The summed E-state index contributed by atoms with van der Waals surface area (Å²) in [5, 5.41) is 8.17. The van der Waals surface area contributed by atoms with E-state index in [0.717, 1.165) is 22.5 Å². The third-order valence-corrected chi connectivity index (χ3v) is 4.58. The predicted molar refractivity (Wildman–Crippen MR) is 103 cm³/mol. The van der Waals surface area contributed by atoms with Crippen molar-refractivity contribution in [3.05, 3.63) is 51.7 Å². The van der Waals surface area contributed by atoms with Crippen LogP contribution in [-0.4, -0.2) is 24.3 Å². The third-order valence-electron chi connectivity index (χ3n) is 3.58. The van der Waals surface area contributed by atoms with E-state index in [1.54, 1.807) is 18.2 Å². The quantitative estimate of drug-likeness (QED) is 0.665. The van der Waals surface area contributed by atoms with E-state index in [1.165, 1.54) is 11.3 Å². The highest BCUT2D eigenvalue weighted by Crippen LogP contribution is 2.14. The Morgan fingerprint density at radius 1 is 0.962 bits per heavy atom. The van der Waals surface area contributed by atoms with E-state index < -0.39 is 0 Å². The number of anilines is 1. The van der Waals surface area contributed by atoms with E-state index in [1.807, 2.05) is 32.0 Å². The molecule has 138 valence electrons. The molecule has 0 radical (unpaired) electrons. The zero-order valence-corrected chi connectivity index (χ0v) is 15.7. The minimum absolute atomic E-state index is 0.00905. The lowest BCUT2D eigenvalue weighted by atomic mass is 10.2. The number of carbonyl (C=O) groups excluding carboxylic acids is 3. The number of nitrogens with one attached hydrogen (secondary N) is 3. The summed E-state index contributed by atoms with van der Waals surface area (Å²) in [5.41, 5.74) is 1.64. The minimum atomic E-state index is -0.257. The predicted octanol–water partition coefficient (Wildman–Crippen LogP) is 2.84. The van der Waals surface area contributed by atoms with Crippen molar-refractivity contribution in [1.29, 1.82) is 0 Å². The summed E-state index contributed by atoms with van der Waals surface area (Å²) in [6.45, 7) is 4.17. The normalized spacial score (nSPS) is 10.2. The van der Waals surface area contributed by atoms with Gasteiger partial charge in [-0.15, -0.1) is 11.3 Å². The highest BCUT2D eigenvalue weighted by molar-refractivity contribution is 7.13. The highest BCUT2D eigenvalue weighted by Gasteiger charge is 2.09. The number of benzene rings is 1. The Bertz CT molecular complexity index is 769. The second kappa shape index (κ2) is 9.72. The summed E-state index contributed by atoms with van der Waals surface area (Å²) < 4.78 is 0. The number of carbonyl (C=O) groups is 3. The molecular weight excluding hydrogens is 350 g/mol. The fraction of sp³-hybridized carbons (Fsp3) is 0.316. The van der Waals surface area contributed by atoms with Crippen LogP contribution in [0.5, 0.6) is 0 Å². The molecule has 2 rings (SSSR count). The number of amides is 3. The first kappa shape index (κ1) is 19.7. The van der Waals surface area contributed by atoms with Crippen molar-refractivity contribution >= 4 is 34.7 Å². The van der Waals surface area contributed by atoms with E-state index in [4.69, 9.17) is 0 Å². The highest BCUT2D eigenvalue weighted by atomic mass is 32.1. The average molecular weight is 373 g/mol. The summed E-state index contributed by atoms with van der Waals surface area (Å²) in [4.78, 5) is 36.9. The number of hydrogen-bond acceptors (Lipinski definition) is 4. The number of aryl methyl sites for hydroxylation is 1. The van der Waals surface area contributed by atoms with E-state index in [9.17, 15) is 14.4 Å². The third kappa shape index (κ3) is 6.33. The molecule has 6 nitrogen and oxygen atoms in total. The molecule has 0 bridgehead atoms. The van der Waals surface area contributed by atoms with Crippen LogP contribution in [0.2, 0.25) is 0 Å². The summed E-state index contributed by atoms with van der Waals surface area (Å²) in [7, 11) is 0. The van der Waals surface area contributed by atoms with Crippen LogP contribution in [0.15, 0.2) is 36.4 Å². The minimum Gasteiger partial charge on any atom is -0.350 e. The summed E-state index contributed by atoms with van der Waals surface area (Å²) in [6.07, 6.45) is 1.30. The molecule has 1 aromatic heterocycles. The fourth-order valence-electron chi connectivity index (χ4n) is 2.22. The van der Waals surface area contributed by atoms with Crippen molar-refractivity contribution < 1.29 is 14.4 Å². The Balaban J connectivity index is 1.73. The van der Waals surface area contributed by atoms with Crippen LogP contribution in [0, 0.1) is 6.92 Å². The average Bonchev–Trinajstić information content (AvgIpc) is 3.06. The molecule has 0 unspecified atom stereocenters. The molecule has 0 saturated heterocycles. The van der Waals surface area contributed by atoms with Gasteiger partial charge < -0.3 is 16.0 Å². The van der Waals surface area contributed by atoms with Crippen LogP contribution in [0.25, 0.3) is 0 Å². The van der Waals surface area contributed by atoms with Crippen molar-refractivity contribution in [2.75, 3.05) is 11.9 Å². The van der Waals surface area contributed by atoms with Gasteiger partial charge in [0.2, 0.25) is 11.8 Å². The Morgan fingerprint density at radius 2 is 1.69 bits per heavy atom. The first-order chi connectivity index (χ1) is 12.5. The van der Waals surface area contributed by atoms with Crippen LogP contribution in [0.4, 0.5) is 5.69 Å². The molecular formula is C19H23N3O3S. The van der Waals surface area contributed by atoms with Crippen molar-refractivity contribution in [3.63, 3.8) is 0 Å². The maximum absolute atomic E-state index is 11.9. The first-order valence-electron chi connectivity index (χ1n) is 8.48. The summed E-state index contributed by atoms with van der Waals surface area (Å²) >= 11 is 1.39. The Morgan fingerprint density at radius 3 is 2.31 bits per heavy atom. The summed E-state index contributed by atoms with van der Waals surface area (Å²) in [6, 6.07) is 10.9. The number of hydrogen-bond donors (Lipinski definition) is 3. The molecule has 3 amide bonds. The fourth-order valence-corrected chi connectivity index (χ4v) is 3.01. The molecule has 0 spiro atoms.